The zero-order chi connectivity index (χ0) is 99.3. The monoisotopic (exact) mass is 2110 g/mol. The average Bonchev–Trinajstić information content (AvgIpc) is 0.792. The van der Waals surface area contributed by atoms with Gasteiger partial charge in [-0.1, -0.05) is 0 Å². The number of pyridine rings is 3. The average molecular weight is 2110 g/mol. The lowest BCUT2D eigenvalue weighted by molar-refractivity contribution is -0.899. The Hall–Kier alpha value is -6.74. The van der Waals surface area contributed by atoms with Crippen LogP contribution < -0.4 is 96.2 Å². The maximum atomic E-state index is 12.2. The number of piperazine rings is 4. The number of quaternary nitrogens is 9. The van der Waals surface area contributed by atoms with E-state index in [1.165, 1.54) is 11.9 Å². The third-order valence-corrected chi connectivity index (χ3v) is 26.7. The Kier molecular flexibility index (Phi) is 74.0. The molecule has 10 aliphatic heterocycles. The van der Waals surface area contributed by atoms with Crippen molar-refractivity contribution in [3.8, 4) is 6.07 Å². The lowest BCUT2D eigenvalue weighted by Crippen LogP contribution is -3.16. The molecule has 10 fully saturated rings. The minimum Gasteiger partial charge on any atom is -1.00 e. The van der Waals surface area contributed by atoms with E-state index in [1.54, 1.807) is 55.5 Å². The van der Waals surface area contributed by atoms with Crippen LogP contribution in [-0.2, 0) is 19.9 Å². The van der Waals surface area contributed by atoms with Crippen molar-refractivity contribution in [1.82, 2.24) is 34.7 Å². The first-order chi connectivity index (χ1) is 63.8. The predicted octanol–water partition coefficient (Wildman–Crippen LogP) is -27.4. The summed E-state index contributed by atoms with van der Waals surface area (Å²) in [6, 6.07) is 15.6. The molecule has 0 unspecified atom stereocenters. The minimum atomic E-state index is -2.27. The molecule has 144 heavy (non-hydrogen) atoms. The van der Waals surface area contributed by atoms with Gasteiger partial charge in [-0.05, 0) is 122 Å². The molecule has 0 aromatic carbocycles. The second-order valence-electron chi connectivity index (χ2n) is 40.2. The van der Waals surface area contributed by atoms with Gasteiger partial charge in [-0.2, -0.15) is 5.26 Å². The molecule has 0 amide bonds. The Balaban J connectivity index is -0.000000761. The van der Waals surface area contributed by atoms with Crippen molar-refractivity contribution < 1.29 is 183 Å². The van der Waals surface area contributed by atoms with Gasteiger partial charge in [0.25, 0.3) is 0 Å². The van der Waals surface area contributed by atoms with E-state index < -0.39 is 76.6 Å². The van der Waals surface area contributed by atoms with Gasteiger partial charge in [0, 0.05) is 156 Å². The standard InChI is InChI=1S/C11H15BF2N2O.C11H15BF2N2.C11H20BF2NO2.C10H14BF2N3.C9H13BF2N4.2C9H19BF2N2.C8H14BF2NO.C7H11BF2N2.9FH/c13-12(14)9-16-7-3-11(17,4-8-16)10-1-5-15-6-2-10;13-12(14)9-16-7-3-11(4-8-16)10-1-5-15-6-2-10;1-11(2,3)17-10(16)9-4-6-15(7-5-9)8-12(13)14;12-11(13)9-15-5-7-16(8-6-15)10-1-3-14-4-2-10;11-10(12)7-15-3-5-16(6-4-15)9-1-2-13-8-14-9;2*1-9(2,3)14-6-4-13(5-7-14)8-10(11)12;10-9(11)7-12-3-1-8(2-4-12)5-13-6-8;9-8(10)6-12-3-1-7(5-11)2-4-12;;;;;;;;;/h1-2,5-6,17H,3-4,7-9H2;1-2,5-6,11H,3-4,7-9H2;9H,4-8H2,1-3H3;1-4H,5-9H2;1-2,8H,3-7H2;2*4-8H2,1-3H3;1-7H2;7H,1-4,6H2;9*1H. The summed E-state index contributed by atoms with van der Waals surface area (Å²) in [5.41, 5.74) is 2.66. The molecule has 0 aliphatic carbocycles. The van der Waals surface area contributed by atoms with Gasteiger partial charge < -0.3 is 111 Å². The van der Waals surface area contributed by atoms with Gasteiger partial charge in [0.05, 0.1) is 175 Å². The number of carbonyl (C=O) groups excluding carboxylic acids is 1. The molecule has 0 saturated carbocycles. The molecule has 4 aromatic rings. The third kappa shape index (κ3) is 58.4. The van der Waals surface area contributed by atoms with Crippen molar-refractivity contribution in [2.45, 2.75) is 155 Å². The molecule has 10 aliphatic rings. The van der Waals surface area contributed by atoms with Crippen LogP contribution in [0.25, 0.3) is 0 Å². The summed E-state index contributed by atoms with van der Waals surface area (Å²) in [5, 5.41) is 19.0. The Labute approximate surface area is 835 Å². The molecule has 14 heterocycles. The maximum Gasteiger partial charge on any atom is 0.592 e. The number of aromatic nitrogens is 5. The molecule has 23 nitrogen and oxygen atoms in total. The van der Waals surface area contributed by atoms with Crippen LogP contribution in [0.4, 0.5) is 89.2 Å². The SMILES string of the molecule is CC(C)(C)N1CC[NH+](CB(F)F)CC1.CC(C)(C)N1CC[NH+](CB(F)F)CC1.CC(C)(C)OC(=O)C1CC[NH+](CB(F)F)CC1.FB(F)C[NH+]1CCC(c2ccncc2)CC1.FB(F)C[NH+]1CCC2(CC1)COC2.FB(F)C[NH+]1CCN(c2ccncc2)CC1.FB(F)C[NH+]1CCN(c2ccncn2)CC1.N#CC1CC[NH+](CB(F)F)CC1.OC1(c2ccncc2)CC[NH+](CB(F)F)CC1.[F-].[F-].[F-].[F-].[F-].[F-].[F-].[F-].[F-]. The second kappa shape index (κ2) is 74.2. The van der Waals surface area contributed by atoms with Gasteiger partial charge in [-0.15, -0.1) is 0 Å². The number of nitrogens with zero attached hydrogens (tertiary/aromatic N) is 10. The van der Waals surface area contributed by atoms with E-state index in [1.807, 2.05) is 51.1 Å². The van der Waals surface area contributed by atoms with Gasteiger partial charge in [0.15, 0.2) is 0 Å². The molecule has 10 saturated heterocycles. The molecule has 0 bridgehead atoms. The summed E-state index contributed by atoms with van der Waals surface area (Å²) in [4.78, 5) is 49.5. The molecule has 0 radical (unpaired) electrons. The Morgan fingerprint density at radius 2 is 0.674 bits per heavy atom. The molecule has 10 N–H and O–H groups in total. The largest absolute Gasteiger partial charge is 1.00 e. The van der Waals surface area contributed by atoms with E-state index in [-0.39, 0.29) is 129 Å². The number of nitrogens with one attached hydrogen (secondary N) is 9. The van der Waals surface area contributed by atoms with Gasteiger partial charge in [0.2, 0.25) is 0 Å². The lowest BCUT2D eigenvalue weighted by atomic mass is 9.76. The summed E-state index contributed by atoms with van der Waals surface area (Å²) in [5.74, 6) is 1.21. The van der Waals surface area contributed by atoms with E-state index >= 15 is 0 Å². The van der Waals surface area contributed by atoms with Crippen LogP contribution in [0.1, 0.15) is 144 Å². The first-order valence-electron chi connectivity index (χ1n) is 48.3. The van der Waals surface area contributed by atoms with Crippen molar-refractivity contribution >= 4 is 82.9 Å². The number of carbonyl (C=O) groups is 1. The number of hydrogen-bond donors (Lipinski definition) is 10. The number of aliphatic hydroxyl groups is 1. The summed E-state index contributed by atoms with van der Waals surface area (Å²) in [7, 11) is -19.8. The minimum absolute atomic E-state index is 0. The number of ether oxygens (including phenoxy) is 2. The predicted molar refractivity (Wildman–Crippen MR) is 498 cm³/mol. The number of likely N-dealkylation sites (tertiary alicyclic amines) is 5. The highest BCUT2D eigenvalue weighted by atomic mass is 19.3. The van der Waals surface area contributed by atoms with Gasteiger partial charge in [-0.25, -0.2) is 9.97 Å². The van der Waals surface area contributed by atoms with Crippen LogP contribution in [0.3, 0.4) is 0 Å². The number of piperidine rings is 5. The second-order valence-corrected chi connectivity index (χ2v) is 40.2. The van der Waals surface area contributed by atoms with Crippen LogP contribution in [0.5, 0.6) is 0 Å². The Bertz CT molecular complexity index is 3600. The number of esters is 1. The van der Waals surface area contributed by atoms with Crippen molar-refractivity contribution in [2.24, 2.45) is 17.3 Å². The molecular formula is C85H149B9F27N19O4. The zero-order valence-corrected chi connectivity index (χ0v) is 84.2. The fourth-order valence-corrected chi connectivity index (χ4v) is 18.5. The highest BCUT2D eigenvalue weighted by Gasteiger charge is 2.45. The smallest absolute Gasteiger partial charge is 0.592 e. The topological polar surface area (TPSA) is 197 Å². The normalized spacial score (nSPS) is 22.2. The molecule has 14 rings (SSSR count). The van der Waals surface area contributed by atoms with Crippen LogP contribution in [-0.4, -0.2) is 369 Å². The highest BCUT2D eigenvalue weighted by molar-refractivity contribution is 6.44. The molecule has 59 heteroatoms. The van der Waals surface area contributed by atoms with E-state index in [2.05, 4.69) is 92.1 Å². The lowest BCUT2D eigenvalue weighted by Gasteiger charge is -2.45. The van der Waals surface area contributed by atoms with E-state index in [0.29, 0.717) is 63.2 Å². The van der Waals surface area contributed by atoms with Crippen molar-refractivity contribution in [3.05, 3.63) is 103 Å². The Morgan fingerprint density at radius 1 is 0.389 bits per heavy atom. The number of nitriles is 1. The number of rotatable bonds is 23. The van der Waals surface area contributed by atoms with Crippen LogP contribution >= 0.6 is 0 Å². The highest BCUT2D eigenvalue weighted by Crippen LogP contribution is 2.35. The first kappa shape index (κ1) is 144. The molecule has 4 aromatic heterocycles. The number of anilines is 2. The van der Waals surface area contributed by atoms with Crippen LogP contribution in [0.15, 0.2) is 92.2 Å². The van der Waals surface area contributed by atoms with Crippen molar-refractivity contribution in [2.75, 3.05) is 251 Å². The fourth-order valence-electron chi connectivity index (χ4n) is 18.5. The third-order valence-electron chi connectivity index (χ3n) is 26.7. The number of hydrogen-bond acceptors (Lipinski definition) is 14. The summed E-state index contributed by atoms with van der Waals surface area (Å²) >= 11 is 0. The van der Waals surface area contributed by atoms with E-state index in [0.717, 1.165) is 257 Å². The van der Waals surface area contributed by atoms with Gasteiger partial charge in [0.1, 0.15) is 81.3 Å². The Morgan fingerprint density at radius 3 is 0.972 bits per heavy atom. The maximum absolute atomic E-state index is 12.2. The van der Waals surface area contributed by atoms with Crippen molar-refractivity contribution in [1.29, 1.82) is 5.26 Å². The summed E-state index contributed by atoms with van der Waals surface area (Å²) in [6.07, 6.45) is 21.4. The fraction of sp³-hybridized carbons (Fsp3) is 0.753. The molecular weight excluding hydrogens is 1960 g/mol. The summed E-state index contributed by atoms with van der Waals surface area (Å²) in [6.45, 7) is 41.1. The first-order valence-corrected chi connectivity index (χ1v) is 48.3. The molecule has 0 atom stereocenters. The van der Waals surface area contributed by atoms with Crippen molar-refractivity contribution in [3.63, 3.8) is 0 Å². The van der Waals surface area contributed by atoms with E-state index in [4.69, 9.17) is 14.7 Å². The zero-order valence-electron chi connectivity index (χ0n) is 84.2. The van der Waals surface area contributed by atoms with Gasteiger partial charge in [-0.3, -0.25) is 107 Å². The quantitative estimate of drug-likeness (QED) is 0.0191. The van der Waals surface area contributed by atoms with Crippen LogP contribution in [0, 0.1) is 28.6 Å². The molecule has 1 spiro atoms. The molecule has 824 valence electrons. The van der Waals surface area contributed by atoms with Gasteiger partial charge >= 0.3 is 71.4 Å². The van der Waals surface area contributed by atoms with E-state index in [9.17, 15) is 87.6 Å². The summed E-state index contributed by atoms with van der Waals surface area (Å²) < 4.78 is 229. The van der Waals surface area contributed by atoms with Crippen LogP contribution in [0.2, 0.25) is 0 Å². The number of halogens is 27.